The van der Waals surface area contributed by atoms with Gasteiger partial charge in [0.1, 0.15) is 0 Å². The summed E-state index contributed by atoms with van der Waals surface area (Å²) in [7, 11) is 0. The summed E-state index contributed by atoms with van der Waals surface area (Å²) >= 11 is 0. The molecule has 2 heterocycles. The van der Waals surface area contributed by atoms with Crippen molar-refractivity contribution in [3.63, 3.8) is 0 Å². The van der Waals surface area contributed by atoms with Crippen molar-refractivity contribution in [1.82, 2.24) is 15.0 Å². The SMILES string of the molecule is CC(c1ccncc1)c1cnc(C(F)(F)F)nc1. The van der Waals surface area contributed by atoms with E-state index in [1.165, 1.54) is 12.4 Å². The van der Waals surface area contributed by atoms with Crippen LogP contribution in [-0.4, -0.2) is 15.0 Å². The number of nitrogens with zero attached hydrogens (tertiary/aromatic N) is 3. The molecule has 94 valence electrons. The number of alkyl halides is 3. The molecule has 1 unspecified atom stereocenters. The fourth-order valence-electron chi connectivity index (χ4n) is 1.55. The lowest BCUT2D eigenvalue weighted by atomic mass is 9.96. The summed E-state index contributed by atoms with van der Waals surface area (Å²) in [6.45, 7) is 1.88. The predicted molar refractivity (Wildman–Crippen MR) is 58.8 cm³/mol. The zero-order chi connectivity index (χ0) is 13.2. The van der Waals surface area contributed by atoms with Gasteiger partial charge >= 0.3 is 6.18 Å². The van der Waals surface area contributed by atoms with Gasteiger partial charge in [0, 0.05) is 30.7 Å². The Morgan fingerprint density at radius 3 is 2.06 bits per heavy atom. The van der Waals surface area contributed by atoms with Crippen molar-refractivity contribution in [1.29, 1.82) is 0 Å². The van der Waals surface area contributed by atoms with Gasteiger partial charge in [-0.05, 0) is 23.3 Å². The monoisotopic (exact) mass is 253 g/mol. The molecule has 0 radical (unpaired) electrons. The Balaban J connectivity index is 2.25. The summed E-state index contributed by atoms with van der Waals surface area (Å²) in [4.78, 5) is 10.6. The van der Waals surface area contributed by atoms with Crippen molar-refractivity contribution < 1.29 is 13.2 Å². The molecule has 2 aromatic rings. The van der Waals surface area contributed by atoms with Gasteiger partial charge in [-0.3, -0.25) is 4.98 Å². The minimum Gasteiger partial charge on any atom is -0.265 e. The predicted octanol–water partition coefficient (Wildman–Crippen LogP) is 3.04. The van der Waals surface area contributed by atoms with E-state index in [9.17, 15) is 13.2 Å². The zero-order valence-electron chi connectivity index (χ0n) is 9.52. The van der Waals surface area contributed by atoms with E-state index in [0.717, 1.165) is 5.56 Å². The summed E-state index contributed by atoms with van der Waals surface area (Å²) in [5.74, 6) is -1.19. The summed E-state index contributed by atoms with van der Waals surface area (Å²) in [5, 5.41) is 0. The van der Waals surface area contributed by atoms with E-state index < -0.39 is 12.0 Å². The summed E-state index contributed by atoms with van der Waals surface area (Å²) in [6, 6.07) is 3.62. The number of hydrogen-bond donors (Lipinski definition) is 0. The molecule has 0 amide bonds. The minimum atomic E-state index is -4.50. The van der Waals surface area contributed by atoms with E-state index in [1.807, 2.05) is 19.1 Å². The first-order chi connectivity index (χ1) is 8.48. The smallest absolute Gasteiger partial charge is 0.265 e. The Bertz CT molecular complexity index is 508. The van der Waals surface area contributed by atoms with Crippen LogP contribution in [-0.2, 0) is 6.18 Å². The fraction of sp³-hybridized carbons (Fsp3) is 0.250. The van der Waals surface area contributed by atoms with Gasteiger partial charge in [-0.2, -0.15) is 13.2 Å². The van der Waals surface area contributed by atoms with E-state index in [-0.39, 0.29) is 5.92 Å². The first-order valence-electron chi connectivity index (χ1n) is 5.27. The highest BCUT2D eigenvalue weighted by Gasteiger charge is 2.34. The van der Waals surface area contributed by atoms with Crippen molar-refractivity contribution in [3.05, 3.63) is 53.9 Å². The lowest BCUT2D eigenvalue weighted by Gasteiger charge is -2.12. The van der Waals surface area contributed by atoms with E-state index in [4.69, 9.17) is 0 Å². The third-order valence-electron chi connectivity index (χ3n) is 2.63. The summed E-state index contributed by atoms with van der Waals surface area (Å²) in [6.07, 6.45) is 1.19. The molecule has 0 aliphatic heterocycles. The van der Waals surface area contributed by atoms with Gasteiger partial charge in [0.2, 0.25) is 5.82 Å². The van der Waals surface area contributed by atoms with Crippen molar-refractivity contribution >= 4 is 0 Å². The van der Waals surface area contributed by atoms with Gasteiger partial charge in [0.15, 0.2) is 0 Å². The average Bonchev–Trinajstić information content (AvgIpc) is 2.38. The molecule has 0 saturated heterocycles. The molecule has 2 aromatic heterocycles. The highest BCUT2D eigenvalue weighted by Crippen LogP contribution is 2.27. The van der Waals surface area contributed by atoms with Crippen molar-refractivity contribution in [2.75, 3.05) is 0 Å². The molecule has 3 nitrogen and oxygen atoms in total. The van der Waals surface area contributed by atoms with Crippen molar-refractivity contribution in [2.45, 2.75) is 19.0 Å². The van der Waals surface area contributed by atoms with E-state index in [2.05, 4.69) is 15.0 Å². The third-order valence-corrected chi connectivity index (χ3v) is 2.63. The summed E-state index contributed by atoms with van der Waals surface area (Å²) in [5.41, 5.74) is 1.59. The Kier molecular flexibility index (Phi) is 3.27. The highest BCUT2D eigenvalue weighted by atomic mass is 19.4. The van der Waals surface area contributed by atoms with Gasteiger partial charge < -0.3 is 0 Å². The largest absolute Gasteiger partial charge is 0.451 e. The average molecular weight is 253 g/mol. The summed E-state index contributed by atoms with van der Waals surface area (Å²) < 4.78 is 36.9. The maximum absolute atomic E-state index is 12.3. The second-order valence-corrected chi connectivity index (χ2v) is 3.84. The Morgan fingerprint density at radius 1 is 1.00 bits per heavy atom. The van der Waals surface area contributed by atoms with Crippen LogP contribution in [0.1, 0.15) is 29.8 Å². The van der Waals surface area contributed by atoms with E-state index in [0.29, 0.717) is 5.56 Å². The molecule has 6 heteroatoms. The zero-order valence-corrected chi connectivity index (χ0v) is 9.52. The van der Waals surface area contributed by atoms with E-state index >= 15 is 0 Å². The van der Waals surface area contributed by atoms with Gasteiger partial charge in [-0.15, -0.1) is 0 Å². The fourth-order valence-corrected chi connectivity index (χ4v) is 1.55. The lowest BCUT2D eigenvalue weighted by molar-refractivity contribution is -0.145. The molecule has 2 rings (SSSR count). The van der Waals surface area contributed by atoms with Gasteiger partial charge in [0.25, 0.3) is 0 Å². The highest BCUT2D eigenvalue weighted by molar-refractivity contribution is 5.27. The standard InChI is InChI=1S/C12H10F3N3/c1-8(9-2-4-16-5-3-9)10-6-17-11(18-7-10)12(13,14)15/h2-8H,1H3. The van der Waals surface area contributed by atoms with Gasteiger partial charge in [-0.1, -0.05) is 6.92 Å². The third kappa shape index (κ3) is 2.64. The molecule has 0 aliphatic carbocycles. The first kappa shape index (κ1) is 12.5. The normalized spacial score (nSPS) is 13.3. The Hall–Kier alpha value is -1.98. The van der Waals surface area contributed by atoms with Crippen LogP contribution in [0.4, 0.5) is 13.2 Å². The number of aromatic nitrogens is 3. The molecule has 1 atom stereocenters. The van der Waals surface area contributed by atoms with E-state index in [1.54, 1.807) is 12.4 Å². The van der Waals surface area contributed by atoms with Crippen molar-refractivity contribution in [3.8, 4) is 0 Å². The maximum atomic E-state index is 12.3. The minimum absolute atomic E-state index is 0.0738. The second-order valence-electron chi connectivity index (χ2n) is 3.84. The molecule has 0 N–H and O–H groups in total. The van der Waals surface area contributed by atoms with Gasteiger partial charge in [-0.25, -0.2) is 9.97 Å². The number of hydrogen-bond acceptors (Lipinski definition) is 3. The van der Waals surface area contributed by atoms with Gasteiger partial charge in [0.05, 0.1) is 0 Å². The molecule has 0 saturated carbocycles. The van der Waals surface area contributed by atoms with Crippen LogP contribution in [0.5, 0.6) is 0 Å². The van der Waals surface area contributed by atoms with Crippen LogP contribution in [0.25, 0.3) is 0 Å². The maximum Gasteiger partial charge on any atom is 0.451 e. The number of rotatable bonds is 2. The Morgan fingerprint density at radius 2 is 1.56 bits per heavy atom. The van der Waals surface area contributed by atoms with Crippen LogP contribution in [0.3, 0.4) is 0 Å². The topological polar surface area (TPSA) is 38.7 Å². The van der Waals surface area contributed by atoms with Crippen LogP contribution >= 0.6 is 0 Å². The molecule has 0 spiro atoms. The van der Waals surface area contributed by atoms with Crippen LogP contribution in [0, 0.1) is 0 Å². The molecular weight excluding hydrogens is 243 g/mol. The van der Waals surface area contributed by atoms with Crippen LogP contribution in [0.15, 0.2) is 36.9 Å². The lowest BCUT2D eigenvalue weighted by Crippen LogP contribution is -2.11. The number of halogens is 3. The molecule has 0 bridgehead atoms. The Labute approximate surface area is 102 Å². The quantitative estimate of drug-likeness (QED) is 0.825. The second kappa shape index (κ2) is 4.72. The molecular formula is C12H10F3N3. The molecule has 18 heavy (non-hydrogen) atoms. The van der Waals surface area contributed by atoms with Crippen LogP contribution < -0.4 is 0 Å². The number of pyridine rings is 1. The molecule has 0 aliphatic rings. The van der Waals surface area contributed by atoms with Crippen LogP contribution in [0.2, 0.25) is 0 Å². The molecule has 0 aromatic carbocycles. The molecule has 0 fully saturated rings. The van der Waals surface area contributed by atoms with Crippen molar-refractivity contribution in [2.24, 2.45) is 0 Å². The first-order valence-corrected chi connectivity index (χ1v) is 5.27.